The molecule has 76 valence electrons. The van der Waals surface area contributed by atoms with E-state index in [-0.39, 0.29) is 18.2 Å². The standard InChI is InChI=1S/C10H13NO3/c1-3-4-8(10(13)14-2)11-9(12)7-5-6-7/h1,7-8H,4-6H2,2H3,(H,11,12)/t8-/m0/s1. The van der Waals surface area contributed by atoms with Crippen LogP contribution in [-0.2, 0) is 14.3 Å². The van der Waals surface area contributed by atoms with Gasteiger partial charge in [-0.2, -0.15) is 0 Å². The molecule has 0 aromatic carbocycles. The average molecular weight is 195 g/mol. The predicted octanol–water partition coefficient (Wildman–Crippen LogP) is 0.0775. The van der Waals surface area contributed by atoms with E-state index in [4.69, 9.17) is 6.42 Å². The van der Waals surface area contributed by atoms with Crippen molar-refractivity contribution in [3.8, 4) is 12.3 Å². The Labute approximate surface area is 83.0 Å². The summed E-state index contributed by atoms with van der Waals surface area (Å²) in [5.74, 6) is 1.81. The first kappa shape index (κ1) is 10.6. The van der Waals surface area contributed by atoms with E-state index in [1.807, 2.05) is 0 Å². The molecular weight excluding hydrogens is 182 g/mol. The first-order valence-corrected chi connectivity index (χ1v) is 4.50. The van der Waals surface area contributed by atoms with Crippen molar-refractivity contribution in [3.05, 3.63) is 0 Å². The Balaban J connectivity index is 2.45. The van der Waals surface area contributed by atoms with Crippen LogP contribution >= 0.6 is 0 Å². The van der Waals surface area contributed by atoms with E-state index in [0.29, 0.717) is 0 Å². The number of ether oxygens (including phenoxy) is 1. The van der Waals surface area contributed by atoms with Crippen molar-refractivity contribution in [2.45, 2.75) is 25.3 Å². The summed E-state index contributed by atoms with van der Waals surface area (Å²) >= 11 is 0. The molecule has 1 aliphatic rings. The molecule has 0 aliphatic heterocycles. The molecule has 0 spiro atoms. The van der Waals surface area contributed by atoms with Gasteiger partial charge < -0.3 is 10.1 Å². The first-order chi connectivity index (χ1) is 6.69. The number of terminal acetylenes is 1. The number of carbonyl (C=O) groups is 2. The lowest BCUT2D eigenvalue weighted by molar-refractivity contribution is -0.145. The fourth-order valence-corrected chi connectivity index (χ4v) is 1.09. The number of carbonyl (C=O) groups excluding carboxylic acids is 2. The highest BCUT2D eigenvalue weighted by atomic mass is 16.5. The molecule has 1 rings (SSSR count). The maximum Gasteiger partial charge on any atom is 0.329 e. The number of rotatable bonds is 4. The van der Waals surface area contributed by atoms with Gasteiger partial charge >= 0.3 is 5.97 Å². The van der Waals surface area contributed by atoms with Gasteiger partial charge in [0.05, 0.1) is 7.11 Å². The van der Waals surface area contributed by atoms with E-state index in [1.165, 1.54) is 7.11 Å². The maximum atomic E-state index is 11.3. The summed E-state index contributed by atoms with van der Waals surface area (Å²) in [6.45, 7) is 0. The van der Waals surface area contributed by atoms with E-state index in [1.54, 1.807) is 0 Å². The van der Waals surface area contributed by atoms with Crippen LogP contribution in [0.1, 0.15) is 19.3 Å². The summed E-state index contributed by atoms with van der Waals surface area (Å²) in [7, 11) is 1.27. The Hall–Kier alpha value is -1.50. The molecule has 14 heavy (non-hydrogen) atoms. The maximum absolute atomic E-state index is 11.3. The third-order valence-electron chi connectivity index (χ3n) is 2.07. The van der Waals surface area contributed by atoms with Gasteiger partial charge in [0.25, 0.3) is 0 Å². The van der Waals surface area contributed by atoms with Crippen LogP contribution in [0, 0.1) is 18.3 Å². The van der Waals surface area contributed by atoms with E-state index >= 15 is 0 Å². The second kappa shape index (κ2) is 4.66. The average Bonchev–Trinajstić information content (AvgIpc) is 2.99. The second-order valence-electron chi connectivity index (χ2n) is 3.27. The Kier molecular flexibility index (Phi) is 3.52. The third kappa shape index (κ3) is 2.77. The normalized spacial score (nSPS) is 16.6. The molecule has 1 saturated carbocycles. The van der Waals surface area contributed by atoms with E-state index in [9.17, 15) is 9.59 Å². The topological polar surface area (TPSA) is 55.4 Å². The van der Waals surface area contributed by atoms with Gasteiger partial charge in [-0.1, -0.05) is 0 Å². The molecule has 0 bridgehead atoms. The van der Waals surface area contributed by atoms with Crippen LogP contribution < -0.4 is 5.32 Å². The molecule has 0 aromatic heterocycles. The van der Waals surface area contributed by atoms with Crippen molar-refractivity contribution in [2.75, 3.05) is 7.11 Å². The van der Waals surface area contributed by atoms with Crippen molar-refractivity contribution in [1.29, 1.82) is 0 Å². The summed E-state index contributed by atoms with van der Waals surface area (Å²) in [5.41, 5.74) is 0. The SMILES string of the molecule is C#CC[C@H](NC(=O)C1CC1)C(=O)OC. The Morgan fingerprint density at radius 3 is 2.71 bits per heavy atom. The molecule has 1 fully saturated rings. The zero-order chi connectivity index (χ0) is 10.6. The van der Waals surface area contributed by atoms with Gasteiger partial charge in [0.1, 0.15) is 6.04 Å². The van der Waals surface area contributed by atoms with Crippen molar-refractivity contribution >= 4 is 11.9 Å². The number of nitrogens with one attached hydrogen (secondary N) is 1. The van der Waals surface area contributed by atoms with Crippen LogP contribution in [0.5, 0.6) is 0 Å². The van der Waals surface area contributed by atoms with Crippen LogP contribution in [0.25, 0.3) is 0 Å². The number of esters is 1. The molecule has 1 amide bonds. The minimum Gasteiger partial charge on any atom is -0.467 e. The quantitative estimate of drug-likeness (QED) is 0.510. The highest BCUT2D eigenvalue weighted by Gasteiger charge is 2.32. The second-order valence-corrected chi connectivity index (χ2v) is 3.27. The molecule has 1 atom stereocenters. The number of amides is 1. The number of methoxy groups -OCH3 is 1. The van der Waals surface area contributed by atoms with E-state index in [2.05, 4.69) is 16.0 Å². The molecule has 4 heteroatoms. The molecule has 0 radical (unpaired) electrons. The van der Waals surface area contributed by atoms with Crippen LogP contribution in [0.2, 0.25) is 0 Å². The number of hydrogen-bond acceptors (Lipinski definition) is 3. The summed E-state index contributed by atoms with van der Waals surface area (Å²) in [5, 5.41) is 2.57. The highest BCUT2D eigenvalue weighted by Crippen LogP contribution is 2.28. The lowest BCUT2D eigenvalue weighted by Crippen LogP contribution is -2.41. The van der Waals surface area contributed by atoms with Crippen molar-refractivity contribution in [2.24, 2.45) is 5.92 Å². The highest BCUT2D eigenvalue weighted by molar-refractivity contribution is 5.87. The van der Waals surface area contributed by atoms with Gasteiger partial charge in [0.2, 0.25) is 5.91 Å². The largest absolute Gasteiger partial charge is 0.467 e. The van der Waals surface area contributed by atoms with Gasteiger partial charge in [-0.25, -0.2) is 4.79 Å². The van der Waals surface area contributed by atoms with Crippen LogP contribution in [0.4, 0.5) is 0 Å². The Bertz CT molecular complexity index is 276. The zero-order valence-electron chi connectivity index (χ0n) is 8.08. The summed E-state index contributed by atoms with van der Waals surface area (Å²) in [6.07, 6.45) is 7.05. The molecule has 0 heterocycles. The van der Waals surface area contributed by atoms with Gasteiger partial charge in [-0.05, 0) is 12.8 Å². The monoisotopic (exact) mass is 195 g/mol. The smallest absolute Gasteiger partial charge is 0.329 e. The summed E-state index contributed by atoms with van der Waals surface area (Å²) in [4.78, 5) is 22.5. The molecule has 4 nitrogen and oxygen atoms in total. The van der Waals surface area contributed by atoms with Gasteiger partial charge in [0.15, 0.2) is 0 Å². The fourth-order valence-electron chi connectivity index (χ4n) is 1.09. The first-order valence-electron chi connectivity index (χ1n) is 4.50. The molecule has 0 saturated heterocycles. The Morgan fingerprint density at radius 1 is 1.64 bits per heavy atom. The van der Waals surface area contributed by atoms with E-state index in [0.717, 1.165) is 12.8 Å². The zero-order valence-corrected chi connectivity index (χ0v) is 8.08. The Morgan fingerprint density at radius 2 is 2.29 bits per heavy atom. The molecular formula is C10H13NO3. The minimum absolute atomic E-state index is 0.0694. The third-order valence-corrected chi connectivity index (χ3v) is 2.07. The molecule has 1 N–H and O–H groups in total. The minimum atomic E-state index is -0.696. The molecule has 0 aromatic rings. The lowest BCUT2D eigenvalue weighted by atomic mass is 10.2. The van der Waals surface area contributed by atoms with E-state index < -0.39 is 12.0 Å². The molecule has 0 unspecified atom stereocenters. The molecule has 1 aliphatic carbocycles. The van der Waals surface area contributed by atoms with Crippen LogP contribution in [0.15, 0.2) is 0 Å². The predicted molar refractivity (Wildman–Crippen MR) is 50.1 cm³/mol. The lowest BCUT2D eigenvalue weighted by Gasteiger charge is -2.13. The summed E-state index contributed by atoms with van der Waals surface area (Å²) in [6, 6.07) is -0.696. The van der Waals surface area contributed by atoms with Crippen molar-refractivity contribution in [3.63, 3.8) is 0 Å². The summed E-state index contributed by atoms with van der Waals surface area (Å²) < 4.78 is 4.52. The van der Waals surface area contributed by atoms with Gasteiger partial charge in [-0.3, -0.25) is 4.79 Å². The van der Waals surface area contributed by atoms with Crippen molar-refractivity contribution in [1.82, 2.24) is 5.32 Å². The fraction of sp³-hybridized carbons (Fsp3) is 0.600. The van der Waals surface area contributed by atoms with Crippen LogP contribution in [-0.4, -0.2) is 25.0 Å². The van der Waals surface area contributed by atoms with Gasteiger partial charge in [-0.15, -0.1) is 12.3 Å². The number of hydrogen-bond donors (Lipinski definition) is 1. The van der Waals surface area contributed by atoms with Crippen LogP contribution in [0.3, 0.4) is 0 Å². The van der Waals surface area contributed by atoms with Crippen molar-refractivity contribution < 1.29 is 14.3 Å². The van der Waals surface area contributed by atoms with Gasteiger partial charge in [0, 0.05) is 12.3 Å².